The fourth-order valence-electron chi connectivity index (χ4n) is 2.83. The number of carbonyl (C=O) groups excluding carboxylic acids is 1. The lowest BCUT2D eigenvalue weighted by Gasteiger charge is -2.31. The standard InChI is InChI=1S/C16H22FNO3/c1-11(19)15-8-14(17)7-13(16(15)20)9-18-5-3-12(4-6-18)10-21-2/h7-8,12,20H,3-6,9-10H2,1-2H3. The molecule has 0 spiro atoms. The summed E-state index contributed by atoms with van der Waals surface area (Å²) in [5, 5.41) is 10.1. The van der Waals surface area contributed by atoms with Crippen molar-refractivity contribution < 1.29 is 19.0 Å². The maximum Gasteiger partial charge on any atom is 0.163 e. The van der Waals surface area contributed by atoms with Crippen molar-refractivity contribution in [2.75, 3.05) is 26.8 Å². The molecule has 0 saturated carbocycles. The first-order valence-corrected chi connectivity index (χ1v) is 7.25. The van der Waals surface area contributed by atoms with Gasteiger partial charge in [-0.3, -0.25) is 9.69 Å². The minimum absolute atomic E-state index is 0.0549. The lowest BCUT2D eigenvalue weighted by Crippen LogP contribution is -2.34. The van der Waals surface area contributed by atoms with Gasteiger partial charge in [-0.1, -0.05) is 0 Å². The van der Waals surface area contributed by atoms with Gasteiger partial charge in [0.2, 0.25) is 0 Å². The van der Waals surface area contributed by atoms with E-state index < -0.39 is 5.82 Å². The summed E-state index contributed by atoms with van der Waals surface area (Å²) in [4.78, 5) is 13.6. The number of carbonyl (C=O) groups is 1. The highest BCUT2D eigenvalue weighted by molar-refractivity contribution is 5.97. The molecule has 1 fully saturated rings. The first-order chi connectivity index (χ1) is 10.0. The third-order valence-corrected chi connectivity index (χ3v) is 4.04. The van der Waals surface area contributed by atoms with Crippen LogP contribution >= 0.6 is 0 Å². The van der Waals surface area contributed by atoms with Crippen molar-refractivity contribution >= 4 is 5.78 Å². The Morgan fingerprint density at radius 3 is 2.67 bits per heavy atom. The van der Waals surface area contributed by atoms with Crippen molar-refractivity contribution in [2.45, 2.75) is 26.3 Å². The van der Waals surface area contributed by atoms with E-state index in [2.05, 4.69) is 4.90 Å². The molecule has 4 nitrogen and oxygen atoms in total. The molecular weight excluding hydrogens is 273 g/mol. The van der Waals surface area contributed by atoms with E-state index in [1.165, 1.54) is 13.0 Å². The Hall–Kier alpha value is -1.46. The van der Waals surface area contributed by atoms with Crippen molar-refractivity contribution in [2.24, 2.45) is 5.92 Å². The van der Waals surface area contributed by atoms with Crippen LogP contribution in [0.25, 0.3) is 0 Å². The Morgan fingerprint density at radius 2 is 2.10 bits per heavy atom. The summed E-state index contributed by atoms with van der Waals surface area (Å²) in [7, 11) is 1.71. The number of ketones is 1. The Bertz CT molecular complexity index is 510. The summed E-state index contributed by atoms with van der Waals surface area (Å²) in [5.74, 6) is -0.336. The summed E-state index contributed by atoms with van der Waals surface area (Å²) < 4.78 is 18.8. The zero-order valence-corrected chi connectivity index (χ0v) is 12.6. The molecule has 0 bridgehead atoms. The fourth-order valence-corrected chi connectivity index (χ4v) is 2.83. The molecule has 1 N–H and O–H groups in total. The predicted octanol–water partition coefficient (Wildman–Crippen LogP) is 2.59. The Kier molecular flexibility index (Phi) is 5.31. The highest BCUT2D eigenvalue weighted by Gasteiger charge is 2.21. The number of Topliss-reactive ketones (excluding diaryl/α,β-unsaturated/α-hetero) is 1. The number of phenolic OH excluding ortho intramolecular Hbond substituents is 1. The van der Waals surface area contributed by atoms with Crippen LogP contribution in [0.1, 0.15) is 35.7 Å². The molecule has 116 valence electrons. The van der Waals surface area contributed by atoms with Crippen LogP contribution in [-0.4, -0.2) is 42.6 Å². The van der Waals surface area contributed by atoms with Crippen molar-refractivity contribution in [3.63, 3.8) is 0 Å². The number of nitrogens with zero attached hydrogens (tertiary/aromatic N) is 1. The second kappa shape index (κ2) is 7.00. The van der Waals surface area contributed by atoms with Crippen LogP contribution < -0.4 is 0 Å². The Balaban J connectivity index is 2.05. The molecule has 2 rings (SSSR count). The van der Waals surface area contributed by atoms with E-state index in [0.29, 0.717) is 18.0 Å². The quantitative estimate of drug-likeness (QED) is 0.848. The SMILES string of the molecule is COCC1CCN(Cc2cc(F)cc(C(C)=O)c2O)CC1. The summed E-state index contributed by atoms with van der Waals surface area (Å²) in [6.45, 7) is 4.34. The van der Waals surface area contributed by atoms with Gasteiger partial charge in [-0.05, 0) is 50.9 Å². The first-order valence-electron chi connectivity index (χ1n) is 7.25. The van der Waals surface area contributed by atoms with Crippen molar-refractivity contribution in [1.29, 1.82) is 0 Å². The van der Waals surface area contributed by atoms with Crippen molar-refractivity contribution in [3.8, 4) is 5.75 Å². The molecule has 0 unspecified atom stereocenters. The molecular formula is C16H22FNO3. The summed E-state index contributed by atoms with van der Waals surface area (Å²) in [6, 6.07) is 2.40. The molecule has 1 saturated heterocycles. The number of phenols is 1. The number of rotatable bonds is 5. The molecule has 0 radical (unpaired) electrons. The lowest BCUT2D eigenvalue weighted by molar-refractivity contribution is 0.0962. The number of benzene rings is 1. The summed E-state index contributed by atoms with van der Waals surface area (Å²) in [5.41, 5.74) is 0.532. The topological polar surface area (TPSA) is 49.8 Å². The van der Waals surface area contributed by atoms with Crippen LogP contribution in [0.15, 0.2) is 12.1 Å². The van der Waals surface area contributed by atoms with E-state index >= 15 is 0 Å². The average Bonchev–Trinajstić information content (AvgIpc) is 2.44. The van der Waals surface area contributed by atoms with Crippen LogP contribution in [-0.2, 0) is 11.3 Å². The summed E-state index contributed by atoms with van der Waals surface area (Å²) >= 11 is 0. The first kappa shape index (κ1) is 15.9. The highest BCUT2D eigenvalue weighted by Crippen LogP contribution is 2.27. The van der Waals surface area contributed by atoms with E-state index in [4.69, 9.17) is 4.74 Å². The Labute approximate surface area is 124 Å². The van der Waals surface area contributed by atoms with Gasteiger partial charge >= 0.3 is 0 Å². The van der Waals surface area contributed by atoms with E-state index in [0.717, 1.165) is 38.6 Å². The minimum Gasteiger partial charge on any atom is -0.507 e. The molecule has 1 aromatic rings. The van der Waals surface area contributed by atoms with Gasteiger partial charge in [-0.25, -0.2) is 4.39 Å². The number of methoxy groups -OCH3 is 1. The van der Waals surface area contributed by atoms with Crippen LogP contribution in [0.3, 0.4) is 0 Å². The molecule has 1 aliphatic heterocycles. The van der Waals surface area contributed by atoms with Crippen molar-refractivity contribution in [3.05, 3.63) is 29.1 Å². The van der Waals surface area contributed by atoms with Gasteiger partial charge in [0.1, 0.15) is 11.6 Å². The second-order valence-corrected chi connectivity index (χ2v) is 5.69. The molecule has 0 atom stereocenters. The Morgan fingerprint density at radius 1 is 1.43 bits per heavy atom. The average molecular weight is 295 g/mol. The van der Waals surface area contributed by atoms with Gasteiger partial charge in [0.25, 0.3) is 0 Å². The molecule has 0 aromatic heterocycles. The van der Waals surface area contributed by atoms with Crippen LogP contribution in [0.2, 0.25) is 0 Å². The normalized spacial score (nSPS) is 17.1. The van der Waals surface area contributed by atoms with E-state index in [1.54, 1.807) is 7.11 Å². The van der Waals surface area contributed by atoms with Gasteiger partial charge < -0.3 is 9.84 Å². The molecule has 0 amide bonds. The smallest absolute Gasteiger partial charge is 0.163 e. The molecule has 21 heavy (non-hydrogen) atoms. The van der Waals surface area contributed by atoms with E-state index in [1.807, 2.05) is 0 Å². The molecule has 1 heterocycles. The predicted molar refractivity (Wildman–Crippen MR) is 77.9 cm³/mol. The number of aromatic hydroxyl groups is 1. The molecule has 1 aromatic carbocycles. The number of likely N-dealkylation sites (tertiary alicyclic amines) is 1. The molecule has 5 heteroatoms. The highest BCUT2D eigenvalue weighted by atomic mass is 19.1. The minimum atomic E-state index is -0.484. The largest absolute Gasteiger partial charge is 0.507 e. The van der Waals surface area contributed by atoms with E-state index in [9.17, 15) is 14.3 Å². The van der Waals surface area contributed by atoms with Gasteiger partial charge in [-0.2, -0.15) is 0 Å². The maximum atomic E-state index is 13.6. The lowest BCUT2D eigenvalue weighted by atomic mass is 9.97. The van der Waals surface area contributed by atoms with E-state index in [-0.39, 0.29) is 17.1 Å². The number of hydrogen-bond donors (Lipinski definition) is 1. The van der Waals surface area contributed by atoms with Crippen LogP contribution in [0.4, 0.5) is 4.39 Å². The number of ether oxygens (including phenoxy) is 1. The van der Waals surface area contributed by atoms with Gasteiger partial charge in [-0.15, -0.1) is 0 Å². The third kappa shape index (κ3) is 4.02. The summed E-state index contributed by atoms with van der Waals surface area (Å²) in [6.07, 6.45) is 2.06. The molecule has 0 aliphatic carbocycles. The molecule has 1 aliphatic rings. The van der Waals surface area contributed by atoms with Crippen LogP contribution in [0.5, 0.6) is 5.75 Å². The second-order valence-electron chi connectivity index (χ2n) is 5.69. The maximum absolute atomic E-state index is 13.6. The fraction of sp³-hybridized carbons (Fsp3) is 0.562. The number of hydrogen-bond acceptors (Lipinski definition) is 4. The monoisotopic (exact) mass is 295 g/mol. The number of halogens is 1. The van der Waals surface area contributed by atoms with Gasteiger partial charge in [0, 0.05) is 25.8 Å². The van der Waals surface area contributed by atoms with Gasteiger partial charge in [0.05, 0.1) is 5.56 Å². The number of piperidine rings is 1. The van der Waals surface area contributed by atoms with Gasteiger partial charge in [0.15, 0.2) is 5.78 Å². The third-order valence-electron chi connectivity index (χ3n) is 4.04. The zero-order chi connectivity index (χ0) is 15.4. The van der Waals surface area contributed by atoms with Crippen LogP contribution in [0, 0.1) is 11.7 Å². The zero-order valence-electron chi connectivity index (χ0n) is 12.6. The van der Waals surface area contributed by atoms with Crippen molar-refractivity contribution in [1.82, 2.24) is 4.90 Å².